The van der Waals surface area contributed by atoms with Crippen molar-refractivity contribution in [2.45, 2.75) is 26.2 Å². The number of aromatic nitrogens is 1. The maximum Gasteiger partial charge on any atom is 0.226 e. The fourth-order valence-electron chi connectivity index (χ4n) is 3.27. The van der Waals surface area contributed by atoms with Crippen LogP contribution < -0.4 is 4.90 Å². The smallest absolute Gasteiger partial charge is 0.226 e. The van der Waals surface area contributed by atoms with Gasteiger partial charge in [-0.25, -0.2) is 9.37 Å². The average molecular weight is 424 g/mol. The van der Waals surface area contributed by atoms with Gasteiger partial charge in [0.2, 0.25) is 11.9 Å². The number of aryl methyl sites for hydroxylation is 1. The van der Waals surface area contributed by atoms with Crippen LogP contribution in [0, 0.1) is 11.8 Å². The summed E-state index contributed by atoms with van der Waals surface area (Å²) in [5.74, 6) is -1.98. The predicted octanol–water partition coefficient (Wildman–Crippen LogP) is 4.92. The first-order valence-corrected chi connectivity index (χ1v) is 9.84. The molecule has 1 heterocycles. The minimum atomic E-state index is -0.619. The van der Waals surface area contributed by atoms with Crippen molar-refractivity contribution in [3.63, 3.8) is 0 Å². The third-order valence-electron chi connectivity index (χ3n) is 5.07. The molecule has 7 heteroatoms. The van der Waals surface area contributed by atoms with Gasteiger partial charge in [-0.15, -0.1) is 0 Å². The van der Waals surface area contributed by atoms with Crippen LogP contribution in [-0.2, 0) is 11.2 Å². The monoisotopic (exact) mass is 424 g/mol. The Balaban J connectivity index is 1.77. The SMILES string of the molecule is CCC(=O)N(C)c1ccc(-c2ccc(C(=O)CCc3cccnc3F)c(O)c2)cc1F. The highest BCUT2D eigenvalue weighted by molar-refractivity contribution is 5.99. The van der Waals surface area contributed by atoms with Gasteiger partial charge < -0.3 is 10.0 Å². The van der Waals surface area contributed by atoms with Crippen LogP contribution in [0.3, 0.4) is 0 Å². The molecule has 0 aliphatic heterocycles. The van der Waals surface area contributed by atoms with Crippen LogP contribution in [0.1, 0.15) is 35.7 Å². The van der Waals surface area contributed by atoms with Gasteiger partial charge in [-0.1, -0.05) is 25.1 Å². The lowest BCUT2D eigenvalue weighted by Gasteiger charge is -2.18. The van der Waals surface area contributed by atoms with Crippen molar-refractivity contribution >= 4 is 17.4 Å². The normalized spacial score (nSPS) is 10.7. The lowest BCUT2D eigenvalue weighted by molar-refractivity contribution is -0.118. The molecule has 3 aromatic rings. The van der Waals surface area contributed by atoms with Crippen LogP contribution in [0.5, 0.6) is 5.75 Å². The number of benzene rings is 2. The first kappa shape index (κ1) is 22.1. The summed E-state index contributed by atoms with van der Waals surface area (Å²) in [6, 6.07) is 12.0. The number of nitrogens with zero attached hydrogens (tertiary/aromatic N) is 2. The van der Waals surface area contributed by atoms with E-state index in [-0.39, 0.29) is 48.0 Å². The molecule has 0 radical (unpaired) electrons. The first-order chi connectivity index (χ1) is 14.8. The number of anilines is 1. The lowest BCUT2D eigenvalue weighted by atomic mass is 9.98. The summed E-state index contributed by atoms with van der Waals surface area (Å²) < 4.78 is 28.2. The number of aromatic hydroxyl groups is 1. The second-order valence-corrected chi connectivity index (χ2v) is 7.08. The van der Waals surface area contributed by atoms with Crippen molar-refractivity contribution in [1.82, 2.24) is 4.98 Å². The van der Waals surface area contributed by atoms with Crippen molar-refractivity contribution in [3.05, 3.63) is 77.6 Å². The van der Waals surface area contributed by atoms with Crippen LogP contribution in [-0.4, -0.2) is 28.8 Å². The number of phenols is 1. The number of amides is 1. The van der Waals surface area contributed by atoms with Crippen molar-refractivity contribution in [2.24, 2.45) is 0 Å². The van der Waals surface area contributed by atoms with E-state index in [4.69, 9.17) is 0 Å². The molecule has 160 valence electrons. The van der Waals surface area contributed by atoms with Gasteiger partial charge in [-0.3, -0.25) is 9.59 Å². The second-order valence-electron chi connectivity index (χ2n) is 7.08. The van der Waals surface area contributed by atoms with Crippen LogP contribution >= 0.6 is 0 Å². The Hall–Kier alpha value is -3.61. The summed E-state index contributed by atoms with van der Waals surface area (Å²) >= 11 is 0. The van der Waals surface area contributed by atoms with E-state index in [1.54, 1.807) is 31.2 Å². The standard InChI is InChI=1S/C24H22F2N2O3/c1-3-23(31)28(2)20-10-7-16(13-19(20)25)17-6-9-18(22(30)14-17)21(29)11-8-15-5-4-12-27-24(15)26/h4-7,9-10,12-14,30H,3,8,11H2,1-2H3. The Morgan fingerprint density at radius 2 is 1.77 bits per heavy atom. The van der Waals surface area contributed by atoms with Gasteiger partial charge in [0.05, 0.1) is 11.3 Å². The zero-order chi connectivity index (χ0) is 22.5. The summed E-state index contributed by atoms with van der Waals surface area (Å²) in [5, 5.41) is 10.3. The maximum absolute atomic E-state index is 14.5. The summed E-state index contributed by atoms with van der Waals surface area (Å²) in [6.45, 7) is 1.70. The van der Waals surface area contributed by atoms with Gasteiger partial charge in [-0.05, 0) is 47.9 Å². The molecular weight excluding hydrogens is 402 g/mol. The lowest BCUT2D eigenvalue weighted by Crippen LogP contribution is -2.25. The first-order valence-electron chi connectivity index (χ1n) is 9.84. The van der Waals surface area contributed by atoms with Gasteiger partial charge in [-0.2, -0.15) is 4.39 Å². The van der Waals surface area contributed by atoms with Crippen molar-refractivity contribution in [1.29, 1.82) is 0 Å². The molecule has 1 aromatic heterocycles. The van der Waals surface area contributed by atoms with Crippen molar-refractivity contribution < 1.29 is 23.5 Å². The number of carbonyl (C=O) groups excluding carboxylic acids is 2. The number of hydrogen-bond donors (Lipinski definition) is 1. The third kappa shape index (κ3) is 4.94. The van der Waals surface area contributed by atoms with E-state index >= 15 is 0 Å². The largest absolute Gasteiger partial charge is 0.507 e. The minimum absolute atomic E-state index is 0.0106. The summed E-state index contributed by atoms with van der Waals surface area (Å²) in [7, 11) is 1.51. The van der Waals surface area contributed by atoms with E-state index in [1.165, 1.54) is 42.4 Å². The Bertz CT molecular complexity index is 1130. The summed E-state index contributed by atoms with van der Waals surface area (Å²) in [6.07, 6.45) is 1.77. The van der Waals surface area contributed by atoms with Gasteiger partial charge in [0.1, 0.15) is 11.6 Å². The Morgan fingerprint density at radius 3 is 2.42 bits per heavy atom. The number of Topliss-reactive ketones (excluding diaryl/α,β-unsaturated/α-hetero) is 1. The van der Waals surface area contributed by atoms with E-state index in [9.17, 15) is 23.5 Å². The van der Waals surface area contributed by atoms with E-state index in [2.05, 4.69) is 4.98 Å². The van der Waals surface area contributed by atoms with E-state index < -0.39 is 11.8 Å². The molecule has 0 aliphatic rings. The molecule has 0 bridgehead atoms. The van der Waals surface area contributed by atoms with Gasteiger partial charge in [0.25, 0.3) is 0 Å². The molecule has 31 heavy (non-hydrogen) atoms. The van der Waals surface area contributed by atoms with E-state index in [0.29, 0.717) is 16.7 Å². The average Bonchev–Trinajstić information content (AvgIpc) is 2.77. The zero-order valence-corrected chi connectivity index (χ0v) is 17.2. The quantitative estimate of drug-likeness (QED) is 0.432. The fourth-order valence-corrected chi connectivity index (χ4v) is 3.27. The second kappa shape index (κ2) is 9.47. The van der Waals surface area contributed by atoms with Crippen LogP contribution in [0.25, 0.3) is 11.1 Å². The molecular formula is C24H22F2N2O3. The molecule has 0 saturated carbocycles. The van der Waals surface area contributed by atoms with Crippen molar-refractivity contribution in [3.8, 4) is 16.9 Å². The third-order valence-corrected chi connectivity index (χ3v) is 5.07. The van der Waals surface area contributed by atoms with Gasteiger partial charge >= 0.3 is 0 Å². The van der Waals surface area contributed by atoms with Crippen LogP contribution in [0.4, 0.5) is 14.5 Å². The molecule has 2 aromatic carbocycles. The molecule has 0 saturated heterocycles. The molecule has 0 aliphatic carbocycles. The molecule has 1 amide bonds. The number of carbonyl (C=O) groups is 2. The molecule has 0 spiro atoms. The Labute approximate surface area is 179 Å². The molecule has 0 atom stereocenters. The Kier molecular flexibility index (Phi) is 6.74. The molecule has 1 N–H and O–H groups in total. The maximum atomic E-state index is 14.5. The minimum Gasteiger partial charge on any atom is -0.507 e. The molecule has 3 rings (SSSR count). The van der Waals surface area contributed by atoms with Crippen LogP contribution in [0.15, 0.2) is 54.7 Å². The number of hydrogen-bond acceptors (Lipinski definition) is 4. The summed E-state index contributed by atoms with van der Waals surface area (Å²) in [4.78, 5) is 29.1. The highest BCUT2D eigenvalue weighted by atomic mass is 19.1. The fraction of sp³-hybridized carbons (Fsp3) is 0.208. The van der Waals surface area contributed by atoms with Crippen molar-refractivity contribution in [2.75, 3.05) is 11.9 Å². The predicted molar refractivity (Wildman–Crippen MR) is 114 cm³/mol. The van der Waals surface area contributed by atoms with E-state index in [0.717, 1.165) is 0 Å². The van der Waals surface area contributed by atoms with Crippen LogP contribution in [0.2, 0.25) is 0 Å². The Morgan fingerprint density at radius 1 is 1.06 bits per heavy atom. The topological polar surface area (TPSA) is 70.5 Å². The number of halogens is 2. The molecule has 0 fully saturated rings. The number of ketones is 1. The number of rotatable bonds is 7. The number of pyridine rings is 1. The van der Waals surface area contributed by atoms with E-state index in [1.807, 2.05) is 0 Å². The number of phenolic OH excluding ortho intramolecular Hbond substituents is 1. The molecule has 5 nitrogen and oxygen atoms in total. The van der Waals surface area contributed by atoms with Gasteiger partial charge in [0, 0.05) is 31.6 Å². The van der Waals surface area contributed by atoms with Gasteiger partial charge in [0.15, 0.2) is 5.78 Å². The molecule has 0 unspecified atom stereocenters. The zero-order valence-electron chi connectivity index (χ0n) is 17.2. The highest BCUT2D eigenvalue weighted by Crippen LogP contribution is 2.30. The summed E-state index contributed by atoms with van der Waals surface area (Å²) in [5.41, 5.74) is 1.61. The highest BCUT2D eigenvalue weighted by Gasteiger charge is 2.16.